The van der Waals surface area contributed by atoms with Gasteiger partial charge in [-0.05, 0) is 10.4 Å². The second-order valence-corrected chi connectivity index (χ2v) is 1.59. The molecule has 0 aliphatic heterocycles. The van der Waals surface area contributed by atoms with Crippen LogP contribution in [0.25, 0.3) is 6.20 Å². The number of H-pyrrole nitrogens is 1. The number of tetrazole rings is 1. The molecule has 0 bridgehead atoms. The molecule has 2 N–H and O–H groups in total. The molecule has 7 nitrogen and oxygen atoms in total. The molecule has 1 rings (SSSR count). The highest BCUT2D eigenvalue weighted by Crippen LogP contribution is 1.70. The SMILES string of the molecule is CONC=Cn1nn[nH]c1=O. The van der Waals surface area contributed by atoms with Gasteiger partial charge in [0.1, 0.15) is 0 Å². The lowest BCUT2D eigenvalue weighted by Crippen LogP contribution is -2.13. The quantitative estimate of drug-likeness (QED) is 0.524. The number of hydrogen-bond acceptors (Lipinski definition) is 5. The minimum absolute atomic E-state index is 0.404. The third kappa shape index (κ3) is 1.90. The molecule has 0 unspecified atom stereocenters. The van der Waals surface area contributed by atoms with E-state index in [2.05, 4.69) is 25.8 Å². The van der Waals surface area contributed by atoms with Crippen LogP contribution in [0.2, 0.25) is 0 Å². The second kappa shape index (κ2) is 3.52. The molecule has 1 aromatic rings. The zero-order valence-corrected chi connectivity index (χ0v) is 5.81. The summed E-state index contributed by atoms with van der Waals surface area (Å²) in [5.41, 5.74) is 1.99. The number of nitrogens with zero attached hydrogens (tertiary/aromatic N) is 3. The molecule has 1 heterocycles. The van der Waals surface area contributed by atoms with E-state index in [-0.39, 0.29) is 0 Å². The average molecular weight is 157 g/mol. The van der Waals surface area contributed by atoms with Gasteiger partial charge < -0.3 is 0 Å². The summed E-state index contributed by atoms with van der Waals surface area (Å²) in [6, 6.07) is 0. The van der Waals surface area contributed by atoms with Gasteiger partial charge in [0.05, 0.1) is 13.3 Å². The molecule has 1 aromatic heterocycles. The smallest absolute Gasteiger partial charge is 0.280 e. The van der Waals surface area contributed by atoms with E-state index in [4.69, 9.17) is 0 Å². The average Bonchev–Trinajstić information content (AvgIpc) is 2.37. The first-order valence-electron chi connectivity index (χ1n) is 2.79. The maximum atomic E-state index is 10.7. The summed E-state index contributed by atoms with van der Waals surface area (Å²) in [6.45, 7) is 0. The Hall–Kier alpha value is -1.63. The summed E-state index contributed by atoms with van der Waals surface area (Å²) in [5, 5.41) is 8.78. The van der Waals surface area contributed by atoms with Crippen molar-refractivity contribution in [1.82, 2.24) is 25.7 Å². The van der Waals surface area contributed by atoms with E-state index < -0.39 is 5.69 Å². The van der Waals surface area contributed by atoms with Crippen molar-refractivity contribution in [1.29, 1.82) is 0 Å². The molecule has 0 spiro atoms. The summed E-state index contributed by atoms with van der Waals surface area (Å²) in [6.07, 6.45) is 2.78. The lowest BCUT2D eigenvalue weighted by Gasteiger charge is -1.90. The van der Waals surface area contributed by atoms with Crippen LogP contribution in [-0.2, 0) is 4.84 Å². The van der Waals surface area contributed by atoms with Gasteiger partial charge in [-0.15, -0.1) is 0 Å². The lowest BCUT2D eigenvalue weighted by molar-refractivity contribution is 0.129. The fraction of sp³-hybridized carbons (Fsp3) is 0.250. The molecular formula is C4H7N5O2. The van der Waals surface area contributed by atoms with Gasteiger partial charge in [0.15, 0.2) is 0 Å². The maximum absolute atomic E-state index is 10.7. The van der Waals surface area contributed by atoms with Crippen molar-refractivity contribution in [2.75, 3.05) is 7.11 Å². The lowest BCUT2D eigenvalue weighted by atomic mass is 10.9. The number of aromatic amines is 1. The largest absolute Gasteiger partial charge is 0.365 e. The van der Waals surface area contributed by atoms with Gasteiger partial charge in [0.2, 0.25) is 0 Å². The van der Waals surface area contributed by atoms with Gasteiger partial charge in [-0.25, -0.2) is 9.89 Å². The Morgan fingerprint density at radius 1 is 1.82 bits per heavy atom. The van der Waals surface area contributed by atoms with Crippen LogP contribution in [0.1, 0.15) is 0 Å². The zero-order chi connectivity index (χ0) is 8.10. The van der Waals surface area contributed by atoms with Crippen molar-refractivity contribution in [2.45, 2.75) is 0 Å². The summed E-state index contributed by atoms with van der Waals surface area (Å²) in [4.78, 5) is 15.1. The van der Waals surface area contributed by atoms with Crippen LogP contribution in [0, 0.1) is 0 Å². The van der Waals surface area contributed by atoms with E-state index in [1.807, 2.05) is 0 Å². The Morgan fingerprint density at radius 2 is 2.64 bits per heavy atom. The van der Waals surface area contributed by atoms with Crippen LogP contribution in [0.15, 0.2) is 11.0 Å². The number of hydroxylamine groups is 1. The fourth-order valence-electron chi connectivity index (χ4n) is 0.472. The molecule has 0 saturated heterocycles. The predicted molar refractivity (Wildman–Crippen MR) is 36.1 cm³/mol. The van der Waals surface area contributed by atoms with Crippen molar-refractivity contribution in [3.05, 3.63) is 16.7 Å². The molecule has 0 aliphatic rings. The van der Waals surface area contributed by atoms with Gasteiger partial charge in [-0.2, -0.15) is 4.68 Å². The molecule has 0 saturated carbocycles. The van der Waals surface area contributed by atoms with Crippen molar-refractivity contribution >= 4 is 6.20 Å². The first kappa shape index (κ1) is 7.48. The predicted octanol–water partition coefficient (Wildman–Crippen LogP) is -1.45. The third-order valence-electron chi connectivity index (χ3n) is 0.896. The van der Waals surface area contributed by atoms with Crippen LogP contribution in [0.4, 0.5) is 0 Å². The monoisotopic (exact) mass is 157 g/mol. The van der Waals surface area contributed by atoms with Crippen molar-refractivity contribution in [3.63, 3.8) is 0 Å². The normalized spacial score (nSPS) is 10.6. The molecule has 11 heavy (non-hydrogen) atoms. The van der Waals surface area contributed by atoms with Gasteiger partial charge in [-0.1, -0.05) is 0 Å². The molecule has 0 amide bonds. The first-order valence-corrected chi connectivity index (χ1v) is 2.79. The minimum Gasteiger partial charge on any atom is -0.280 e. The molecular weight excluding hydrogens is 150 g/mol. The fourth-order valence-corrected chi connectivity index (χ4v) is 0.472. The van der Waals surface area contributed by atoms with E-state index in [9.17, 15) is 4.79 Å². The molecule has 0 radical (unpaired) electrons. The first-order chi connectivity index (χ1) is 5.34. The summed E-state index contributed by atoms with van der Waals surface area (Å²) < 4.78 is 1.02. The third-order valence-corrected chi connectivity index (χ3v) is 0.896. The Morgan fingerprint density at radius 3 is 3.18 bits per heavy atom. The second-order valence-electron chi connectivity index (χ2n) is 1.59. The van der Waals surface area contributed by atoms with E-state index in [1.54, 1.807) is 0 Å². The Kier molecular flexibility index (Phi) is 2.39. The molecule has 60 valence electrons. The summed E-state index contributed by atoms with van der Waals surface area (Å²) in [7, 11) is 1.45. The highest BCUT2D eigenvalue weighted by Gasteiger charge is 1.90. The van der Waals surface area contributed by atoms with E-state index in [0.29, 0.717) is 0 Å². The van der Waals surface area contributed by atoms with E-state index in [0.717, 1.165) is 4.68 Å². The molecule has 0 atom stereocenters. The maximum Gasteiger partial charge on any atom is 0.365 e. The Bertz CT molecular complexity index is 287. The molecule has 7 heteroatoms. The van der Waals surface area contributed by atoms with E-state index in [1.165, 1.54) is 19.5 Å². The number of nitrogens with one attached hydrogen (secondary N) is 2. The van der Waals surface area contributed by atoms with Crippen molar-refractivity contribution in [3.8, 4) is 0 Å². The summed E-state index contributed by atoms with van der Waals surface area (Å²) in [5.74, 6) is 0. The standard InChI is InChI=1S/C4H7N5O2/c1-11-5-2-3-9-4(10)6-7-8-9/h2-3,5H,1H3,(H,6,8,10). The van der Waals surface area contributed by atoms with Gasteiger partial charge >= 0.3 is 5.69 Å². The van der Waals surface area contributed by atoms with Crippen LogP contribution in [-0.4, -0.2) is 27.3 Å². The van der Waals surface area contributed by atoms with Crippen LogP contribution >= 0.6 is 0 Å². The highest BCUT2D eigenvalue weighted by molar-refractivity contribution is 5.15. The van der Waals surface area contributed by atoms with Crippen LogP contribution in [0.3, 0.4) is 0 Å². The minimum atomic E-state index is -0.404. The van der Waals surface area contributed by atoms with Crippen LogP contribution < -0.4 is 11.2 Å². The Balaban J connectivity index is 2.64. The zero-order valence-electron chi connectivity index (χ0n) is 5.81. The number of aromatic nitrogens is 4. The Labute approximate surface area is 61.6 Å². The van der Waals surface area contributed by atoms with Gasteiger partial charge in [-0.3, -0.25) is 10.3 Å². The number of rotatable bonds is 3. The molecule has 0 fully saturated rings. The van der Waals surface area contributed by atoms with Crippen LogP contribution in [0.5, 0.6) is 0 Å². The van der Waals surface area contributed by atoms with Crippen molar-refractivity contribution in [2.24, 2.45) is 0 Å². The van der Waals surface area contributed by atoms with Gasteiger partial charge in [0, 0.05) is 6.20 Å². The molecule has 0 aliphatic carbocycles. The topological polar surface area (TPSA) is 84.8 Å². The summed E-state index contributed by atoms with van der Waals surface area (Å²) >= 11 is 0. The van der Waals surface area contributed by atoms with Gasteiger partial charge in [0.25, 0.3) is 0 Å². The molecule has 0 aromatic carbocycles. The highest BCUT2D eigenvalue weighted by atomic mass is 16.6. The van der Waals surface area contributed by atoms with E-state index >= 15 is 0 Å². The number of hydrogen-bond donors (Lipinski definition) is 2. The van der Waals surface area contributed by atoms with Crippen molar-refractivity contribution < 1.29 is 4.84 Å².